The normalized spacial score (nSPS) is 13.8. The van der Waals surface area contributed by atoms with E-state index in [9.17, 15) is 4.79 Å². The molecule has 9 heteroatoms. The third kappa shape index (κ3) is 4.35. The van der Waals surface area contributed by atoms with Crippen molar-refractivity contribution < 1.29 is 18.6 Å². The highest BCUT2D eigenvalue weighted by Crippen LogP contribution is 2.33. The Morgan fingerprint density at radius 2 is 1.79 bits per heavy atom. The van der Waals surface area contributed by atoms with Gasteiger partial charge >= 0.3 is 0 Å². The van der Waals surface area contributed by atoms with Gasteiger partial charge in [-0.2, -0.15) is 0 Å². The minimum absolute atomic E-state index is 0.215. The van der Waals surface area contributed by atoms with Gasteiger partial charge in [0.2, 0.25) is 0 Å². The Bertz CT molecular complexity index is 1220. The average molecular weight is 445 g/mol. The summed E-state index contributed by atoms with van der Waals surface area (Å²) in [6.45, 7) is 2.66. The molecule has 9 nitrogen and oxygen atoms in total. The number of aromatic nitrogens is 3. The molecule has 1 fully saturated rings. The number of amides is 1. The maximum Gasteiger partial charge on any atom is 0.261 e. The van der Waals surface area contributed by atoms with Crippen molar-refractivity contribution >= 4 is 11.7 Å². The van der Waals surface area contributed by atoms with E-state index in [0.717, 1.165) is 5.56 Å². The zero-order chi connectivity index (χ0) is 22.6. The number of anilines is 1. The monoisotopic (exact) mass is 445 g/mol. The standard InChI is InChI=1S/C24H23N5O4/c1-28(16-18-15-20(26-32-18)19-9-5-6-10-25-19)24(30)21-22(17-7-3-2-4-8-17)33-27-23(21)29-11-13-31-14-12-29/h2-10,15H,11-14,16H2,1H3. The predicted molar refractivity (Wildman–Crippen MR) is 121 cm³/mol. The fraction of sp³-hybridized carbons (Fsp3) is 0.250. The van der Waals surface area contributed by atoms with E-state index in [1.807, 2.05) is 53.4 Å². The SMILES string of the molecule is CN(Cc1cc(-c2ccccn2)no1)C(=O)c1c(N2CCOCC2)noc1-c1ccccc1. The highest BCUT2D eigenvalue weighted by Gasteiger charge is 2.30. The van der Waals surface area contributed by atoms with E-state index in [0.29, 0.717) is 60.6 Å². The summed E-state index contributed by atoms with van der Waals surface area (Å²) in [6, 6.07) is 16.9. The van der Waals surface area contributed by atoms with Crippen LogP contribution in [-0.2, 0) is 11.3 Å². The lowest BCUT2D eigenvalue weighted by Gasteiger charge is -2.27. The van der Waals surface area contributed by atoms with E-state index in [4.69, 9.17) is 13.8 Å². The van der Waals surface area contributed by atoms with Crippen molar-refractivity contribution in [1.29, 1.82) is 0 Å². The van der Waals surface area contributed by atoms with Gasteiger partial charge in [0.05, 0.1) is 25.5 Å². The summed E-state index contributed by atoms with van der Waals surface area (Å²) in [5, 5.41) is 8.36. The summed E-state index contributed by atoms with van der Waals surface area (Å²) in [5.41, 5.74) is 2.55. The molecule has 3 aromatic heterocycles. The molecule has 5 rings (SSSR count). The second-order valence-corrected chi connectivity index (χ2v) is 7.73. The minimum Gasteiger partial charge on any atom is -0.378 e. The summed E-state index contributed by atoms with van der Waals surface area (Å²) < 4.78 is 16.6. The third-order valence-electron chi connectivity index (χ3n) is 5.46. The molecule has 0 spiro atoms. The number of rotatable bonds is 6. The zero-order valence-corrected chi connectivity index (χ0v) is 18.2. The fourth-order valence-electron chi connectivity index (χ4n) is 3.77. The van der Waals surface area contributed by atoms with E-state index in [2.05, 4.69) is 15.3 Å². The van der Waals surface area contributed by atoms with Gasteiger partial charge in [0.15, 0.2) is 17.3 Å². The maximum absolute atomic E-state index is 13.6. The number of benzene rings is 1. The molecular formula is C24H23N5O4. The lowest BCUT2D eigenvalue weighted by Crippen LogP contribution is -2.38. The smallest absolute Gasteiger partial charge is 0.261 e. The molecule has 1 saturated heterocycles. The lowest BCUT2D eigenvalue weighted by molar-refractivity contribution is 0.0772. The van der Waals surface area contributed by atoms with E-state index in [1.54, 1.807) is 24.2 Å². The van der Waals surface area contributed by atoms with Gasteiger partial charge < -0.3 is 23.6 Å². The number of nitrogens with zero attached hydrogens (tertiary/aromatic N) is 5. The molecule has 168 valence electrons. The van der Waals surface area contributed by atoms with Crippen molar-refractivity contribution in [3.8, 4) is 22.7 Å². The summed E-state index contributed by atoms with van der Waals surface area (Å²) >= 11 is 0. The molecule has 33 heavy (non-hydrogen) atoms. The Morgan fingerprint density at radius 3 is 2.55 bits per heavy atom. The van der Waals surface area contributed by atoms with E-state index >= 15 is 0 Å². The van der Waals surface area contributed by atoms with Gasteiger partial charge in [-0.1, -0.05) is 46.7 Å². The van der Waals surface area contributed by atoms with Crippen molar-refractivity contribution in [2.24, 2.45) is 0 Å². The van der Waals surface area contributed by atoms with Gasteiger partial charge in [0, 0.05) is 38.0 Å². The predicted octanol–water partition coefficient (Wildman–Crippen LogP) is 3.50. The molecule has 0 radical (unpaired) electrons. The van der Waals surface area contributed by atoms with Crippen molar-refractivity contribution in [3.05, 3.63) is 72.1 Å². The van der Waals surface area contributed by atoms with E-state index < -0.39 is 0 Å². The van der Waals surface area contributed by atoms with Crippen LogP contribution in [0.15, 0.2) is 69.8 Å². The van der Waals surface area contributed by atoms with Crippen LogP contribution < -0.4 is 4.90 Å². The number of morpholine rings is 1. The molecule has 0 unspecified atom stereocenters. The Morgan fingerprint density at radius 1 is 1.00 bits per heavy atom. The number of carbonyl (C=O) groups excluding carboxylic acids is 1. The Hall–Kier alpha value is -3.98. The summed E-state index contributed by atoms with van der Waals surface area (Å²) in [6.07, 6.45) is 1.70. The van der Waals surface area contributed by atoms with Crippen LogP contribution in [0.5, 0.6) is 0 Å². The quantitative estimate of drug-likeness (QED) is 0.445. The Kier molecular flexibility index (Phi) is 5.86. The number of ether oxygens (including phenoxy) is 1. The Labute approximate surface area is 190 Å². The topological polar surface area (TPSA) is 97.7 Å². The number of carbonyl (C=O) groups is 1. The van der Waals surface area contributed by atoms with E-state index in [1.165, 1.54) is 0 Å². The van der Waals surface area contributed by atoms with Crippen LogP contribution in [0.2, 0.25) is 0 Å². The first-order chi connectivity index (χ1) is 16.2. The molecule has 4 heterocycles. The lowest BCUT2D eigenvalue weighted by atomic mass is 10.1. The van der Waals surface area contributed by atoms with Crippen molar-refractivity contribution in [2.75, 3.05) is 38.3 Å². The van der Waals surface area contributed by atoms with Crippen LogP contribution in [0.4, 0.5) is 5.82 Å². The fourth-order valence-corrected chi connectivity index (χ4v) is 3.77. The summed E-state index contributed by atoms with van der Waals surface area (Å²) in [4.78, 5) is 21.5. The maximum atomic E-state index is 13.6. The second kappa shape index (κ2) is 9.25. The number of hydrogen-bond donors (Lipinski definition) is 0. The summed E-state index contributed by atoms with van der Waals surface area (Å²) in [7, 11) is 1.72. The molecule has 0 saturated carbocycles. The van der Waals surface area contributed by atoms with Crippen LogP contribution in [-0.4, -0.2) is 59.5 Å². The zero-order valence-electron chi connectivity index (χ0n) is 18.2. The largest absolute Gasteiger partial charge is 0.378 e. The highest BCUT2D eigenvalue weighted by atomic mass is 16.5. The molecule has 0 atom stereocenters. The van der Waals surface area contributed by atoms with Gasteiger partial charge in [-0.15, -0.1) is 0 Å². The van der Waals surface area contributed by atoms with Gasteiger partial charge in [-0.25, -0.2) is 0 Å². The van der Waals surface area contributed by atoms with Gasteiger partial charge in [-0.3, -0.25) is 9.78 Å². The first-order valence-electron chi connectivity index (χ1n) is 10.7. The molecule has 1 amide bonds. The van der Waals surface area contributed by atoms with Crippen LogP contribution in [0.1, 0.15) is 16.1 Å². The van der Waals surface area contributed by atoms with Crippen molar-refractivity contribution in [2.45, 2.75) is 6.54 Å². The highest BCUT2D eigenvalue weighted by molar-refractivity contribution is 6.04. The van der Waals surface area contributed by atoms with Crippen LogP contribution in [0.3, 0.4) is 0 Å². The molecule has 4 aromatic rings. The van der Waals surface area contributed by atoms with Gasteiger partial charge in [0.1, 0.15) is 11.3 Å². The van der Waals surface area contributed by atoms with Crippen molar-refractivity contribution in [1.82, 2.24) is 20.2 Å². The number of pyridine rings is 1. The Balaban J connectivity index is 1.43. The second-order valence-electron chi connectivity index (χ2n) is 7.73. The van der Waals surface area contributed by atoms with Gasteiger partial charge in [-0.05, 0) is 12.1 Å². The molecule has 1 aromatic carbocycles. The average Bonchev–Trinajstić information content (AvgIpc) is 3.53. The first kappa shape index (κ1) is 20.9. The summed E-state index contributed by atoms with van der Waals surface area (Å²) in [5.74, 6) is 1.31. The van der Waals surface area contributed by atoms with Crippen LogP contribution in [0, 0.1) is 0 Å². The molecule has 1 aliphatic heterocycles. The van der Waals surface area contributed by atoms with E-state index in [-0.39, 0.29) is 12.5 Å². The van der Waals surface area contributed by atoms with Crippen LogP contribution in [0.25, 0.3) is 22.7 Å². The van der Waals surface area contributed by atoms with Gasteiger partial charge in [0.25, 0.3) is 5.91 Å². The third-order valence-corrected chi connectivity index (χ3v) is 5.46. The molecule has 0 N–H and O–H groups in total. The number of hydrogen-bond acceptors (Lipinski definition) is 8. The molecular weight excluding hydrogens is 422 g/mol. The molecule has 0 bridgehead atoms. The van der Waals surface area contributed by atoms with Crippen molar-refractivity contribution in [3.63, 3.8) is 0 Å². The first-order valence-corrected chi connectivity index (χ1v) is 10.7. The molecule has 1 aliphatic rings. The van der Waals surface area contributed by atoms with Crippen LogP contribution >= 0.6 is 0 Å². The minimum atomic E-state index is -0.215. The molecule has 0 aliphatic carbocycles.